The summed E-state index contributed by atoms with van der Waals surface area (Å²) in [6.07, 6.45) is 0. The van der Waals surface area contributed by atoms with Gasteiger partial charge in [-0.15, -0.1) is 0 Å². The monoisotopic (exact) mass is 364 g/mol. The Bertz CT molecular complexity index is 666. The maximum absolute atomic E-state index is 11.7. The van der Waals surface area contributed by atoms with E-state index in [1.54, 1.807) is 42.5 Å². The Morgan fingerprint density at radius 2 is 1.77 bits per heavy atom. The Kier molecular flexibility index (Phi) is 5.55. The molecule has 6 heteroatoms. The van der Waals surface area contributed by atoms with Gasteiger partial charge >= 0.3 is 11.9 Å². The summed E-state index contributed by atoms with van der Waals surface area (Å²) in [5, 5.41) is 0. The van der Waals surface area contributed by atoms with Gasteiger partial charge in [-0.3, -0.25) is 0 Å². The van der Waals surface area contributed by atoms with Crippen molar-refractivity contribution in [2.24, 2.45) is 0 Å². The number of halogens is 1. The van der Waals surface area contributed by atoms with Crippen LogP contribution in [0.5, 0.6) is 11.5 Å². The minimum Gasteiger partial charge on any atom is -0.482 e. The number of benzene rings is 2. The van der Waals surface area contributed by atoms with Gasteiger partial charge in [-0.2, -0.15) is 0 Å². The lowest BCUT2D eigenvalue weighted by molar-refractivity contribution is -0.136. The van der Waals surface area contributed by atoms with E-state index in [1.807, 2.05) is 0 Å². The van der Waals surface area contributed by atoms with Crippen LogP contribution in [-0.2, 0) is 9.53 Å². The van der Waals surface area contributed by atoms with Crippen LogP contribution >= 0.6 is 15.9 Å². The van der Waals surface area contributed by atoms with Crippen molar-refractivity contribution in [1.82, 2.24) is 0 Å². The van der Waals surface area contributed by atoms with Crippen LogP contribution in [0.1, 0.15) is 10.4 Å². The molecule has 0 N–H and O–H groups in total. The molecule has 0 aliphatic heterocycles. The van der Waals surface area contributed by atoms with E-state index < -0.39 is 11.9 Å². The fourth-order valence-electron chi connectivity index (χ4n) is 1.64. The summed E-state index contributed by atoms with van der Waals surface area (Å²) >= 11 is 3.31. The Labute approximate surface area is 135 Å². The second-order valence-corrected chi connectivity index (χ2v) is 5.15. The second-order valence-electron chi connectivity index (χ2n) is 4.24. The van der Waals surface area contributed by atoms with Gasteiger partial charge < -0.3 is 14.2 Å². The lowest BCUT2D eigenvalue weighted by atomic mass is 10.2. The van der Waals surface area contributed by atoms with E-state index >= 15 is 0 Å². The first kappa shape index (κ1) is 16.0. The highest BCUT2D eigenvalue weighted by Crippen LogP contribution is 2.17. The van der Waals surface area contributed by atoms with Crippen molar-refractivity contribution in [3.05, 3.63) is 58.6 Å². The lowest BCUT2D eigenvalue weighted by Gasteiger charge is -2.07. The van der Waals surface area contributed by atoms with E-state index in [-0.39, 0.29) is 12.4 Å². The van der Waals surface area contributed by atoms with Gasteiger partial charge in [0.2, 0.25) is 0 Å². The first-order chi connectivity index (χ1) is 10.6. The molecule has 0 amide bonds. The van der Waals surface area contributed by atoms with Crippen molar-refractivity contribution in [2.45, 2.75) is 0 Å². The average Bonchev–Trinajstić information content (AvgIpc) is 2.54. The zero-order chi connectivity index (χ0) is 15.9. The number of hydrogen-bond donors (Lipinski definition) is 0. The lowest BCUT2D eigenvalue weighted by Crippen LogP contribution is -2.17. The third-order valence-corrected chi connectivity index (χ3v) is 3.19. The van der Waals surface area contributed by atoms with Gasteiger partial charge in [-0.05, 0) is 42.5 Å². The molecule has 0 heterocycles. The fraction of sp³-hybridized carbons (Fsp3) is 0.125. The van der Waals surface area contributed by atoms with Crippen LogP contribution in [-0.4, -0.2) is 25.7 Å². The summed E-state index contributed by atoms with van der Waals surface area (Å²) in [7, 11) is 1.28. The summed E-state index contributed by atoms with van der Waals surface area (Å²) in [4.78, 5) is 23.1. The molecule has 0 radical (unpaired) electrons. The van der Waals surface area contributed by atoms with Crippen LogP contribution in [0, 0.1) is 0 Å². The Hall–Kier alpha value is -2.34. The van der Waals surface area contributed by atoms with E-state index in [9.17, 15) is 9.59 Å². The number of esters is 2. The highest BCUT2D eigenvalue weighted by atomic mass is 79.9. The molecule has 22 heavy (non-hydrogen) atoms. The zero-order valence-electron chi connectivity index (χ0n) is 11.7. The third-order valence-electron chi connectivity index (χ3n) is 2.66. The second kappa shape index (κ2) is 7.61. The summed E-state index contributed by atoms with van der Waals surface area (Å²) in [5.74, 6) is -0.246. The number of hydrogen-bond acceptors (Lipinski definition) is 5. The predicted octanol–water partition coefficient (Wildman–Crippen LogP) is 3.22. The molecule has 2 aromatic carbocycles. The predicted molar refractivity (Wildman–Crippen MR) is 83.1 cm³/mol. The van der Waals surface area contributed by atoms with Gasteiger partial charge in [0.05, 0.1) is 12.7 Å². The number of ether oxygens (including phenoxy) is 3. The van der Waals surface area contributed by atoms with E-state index in [0.29, 0.717) is 11.3 Å². The molecular weight excluding hydrogens is 352 g/mol. The van der Waals surface area contributed by atoms with Crippen molar-refractivity contribution >= 4 is 27.9 Å². The molecule has 0 aromatic heterocycles. The third kappa shape index (κ3) is 4.60. The van der Waals surface area contributed by atoms with Gasteiger partial charge in [-0.25, -0.2) is 9.59 Å². The summed E-state index contributed by atoms with van der Waals surface area (Å²) in [5.41, 5.74) is 0.307. The van der Waals surface area contributed by atoms with Crippen molar-refractivity contribution in [3.8, 4) is 11.5 Å². The van der Waals surface area contributed by atoms with Gasteiger partial charge in [-0.1, -0.05) is 22.0 Å². The highest BCUT2D eigenvalue weighted by Gasteiger charge is 2.10. The Morgan fingerprint density at radius 1 is 1.05 bits per heavy atom. The smallest absolute Gasteiger partial charge is 0.349 e. The summed E-state index contributed by atoms with van der Waals surface area (Å²) in [6.45, 7) is -0.232. The van der Waals surface area contributed by atoms with Crippen LogP contribution in [0.4, 0.5) is 0 Å². The van der Waals surface area contributed by atoms with Crippen LogP contribution < -0.4 is 9.47 Å². The van der Waals surface area contributed by atoms with Crippen LogP contribution in [0.15, 0.2) is 53.0 Å². The minimum atomic E-state index is -0.565. The van der Waals surface area contributed by atoms with Crippen molar-refractivity contribution in [2.75, 3.05) is 13.7 Å². The Balaban J connectivity index is 1.91. The molecule has 0 spiro atoms. The number of rotatable bonds is 5. The highest BCUT2D eigenvalue weighted by molar-refractivity contribution is 9.10. The SMILES string of the molecule is COC(=O)c1cccc(OC(=O)COc2ccc(Br)cc2)c1. The molecular formula is C16H13BrO5. The van der Waals surface area contributed by atoms with Crippen molar-refractivity contribution in [1.29, 1.82) is 0 Å². The molecule has 5 nitrogen and oxygen atoms in total. The van der Waals surface area contributed by atoms with Gasteiger partial charge in [0.25, 0.3) is 0 Å². The molecule has 0 aliphatic rings. The number of carbonyl (C=O) groups excluding carboxylic acids is 2. The average molecular weight is 365 g/mol. The van der Waals surface area contributed by atoms with E-state index in [4.69, 9.17) is 9.47 Å². The molecule has 2 aromatic rings. The maximum atomic E-state index is 11.7. The largest absolute Gasteiger partial charge is 0.482 e. The molecule has 0 fully saturated rings. The van der Waals surface area contributed by atoms with Crippen molar-refractivity contribution < 1.29 is 23.8 Å². The minimum absolute atomic E-state index is 0.232. The molecule has 0 unspecified atom stereocenters. The van der Waals surface area contributed by atoms with Crippen LogP contribution in [0.3, 0.4) is 0 Å². The normalized spacial score (nSPS) is 9.91. The van der Waals surface area contributed by atoms with Gasteiger partial charge in [0.15, 0.2) is 6.61 Å². The molecule has 2 rings (SSSR count). The molecule has 114 valence electrons. The molecule has 0 saturated heterocycles. The topological polar surface area (TPSA) is 61.8 Å². The van der Waals surface area contributed by atoms with Crippen molar-refractivity contribution in [3.63, 3.8) is 0 Å². The molecule has 0 bridgehead atoms. The van der Waals surface area contributed by atoms with Crippen LogP contribution in [0.2, 0.25) is 0 Å². The maximum Gasteiger partial charge on any atom is 0.349 e. The standard InChI is InChI=1S/C16H13BrO5/c1-20-16(19)11-3-2-4-14(9-11)22-15(18)10-21-13-7-5-12(17)6-8-13/h2-9H,10H2,1H3. The summed E-state index contributed by atoms with van der Waals surface area (Å²) in [6, 6.07) is 13.3. The quantitative estimate of drug-likeness (QED) is 0.602. The number of carbonyl (C=O) groups is 2. The van der Waals surface area contributed by atoms with Gasteiger partial charge in [0.1, 0.15) is 11.5 Å². The Morgan fingerprint density at radius 3 is 2.45 bits per heavy atom. The van der Waals surface area contributed by atoms with E-state index in [1.165, 1.54) is 13.2 Å². The fourth-order valence-corrected chi connectivity index (χ4v) is 1.90. The zero-order valence-corrected chi connectivity index (χ0v) is 13.3. The molecule has 0 saturated carbocycles. The van der Waals surface area contributed by atoms with E-state index in [0.717, 1.165) is 4.47 Å². The first-order valence-electron chi connectivity index (χ1n) is 6.36. The summed E-state index contributed by atoms with van der Waals surface area (Å²) < 4.78 is 15.9. The molecule has 0 atom stereocenters. The van der Waals surface area contributed by atoms with Gasteiger partial charge in [0, 0.05) is 4.47 Å². The van der Waals surface area contributed by atoms with Crippen LogP contribution in [0.25, 0.3) is 0 Å². The first-order valence-corrected chi connectivity index (χ1v) is 7.15. The molecule has 0 aliphatic carbocycles. The number of methoxy groups -OCH3 is 1. The van der Waals surface area contributed by atoms with E-state index in [2.05, 4.69) is 20.7 Å².